The number of ether oxygens (including phenoxy) is 2. The third-order valence-electron chi connectivity index (χ3n) is 3.06. The molecule has 1 aliphatic heterocycles. The van der Waals surface area contributed by atoms with E-state index in [0.29, 0.717) is 18.9 Å². The van der Waals surface area contributed by atoms with Gasteiger partial charge in [0.2, 0.25) is 0 Å². The van der Waals surface area contributed by atoms with Gasteiger partial charge in [0, 0.05) is 18.0 Å². The van der Waals surface area contributed by atoms with Gasteiger partial charge in [-0.05, 0) is 30.5 Å². The molecule has 1 aromatic carbocycles. The van der Waals surface area contributed by atoms with Gasteiger partial charge in [0.15, 0.2) is 11.5 Å². The summed E-state index contributed by atoms with van der Waals surface area (Å²) in [5.74, 6) is 1.50. The van der Waals surface area contributed by atoms with Crippen LogP contribution in [0.3, 0.4) is 0 Å². The Morgan fingerprint density at radius 2 is 1.94 bits per heavy atom. The minimum absolute atomic E-state index is 0.599. The number of aliphatic hydroxyl groups excluding tert-OH is 1. The van der Waals surface area contributed by atoms with Crippen molar-refractivity contribution < 1.29 is 14.6 Å². The van der Waals surface area contributed by atoms with E-state index >= 15 is 0 Å². The van der Waals surface area contributed by atoms with Gasteiger partial charge in [-0.1, -0.05) is 0 Å². The fourth-order valence-corrected chi connectivity index (χ4v) is 2.18. The maximum atomic E-state index is 9.75. The Morgan fingerprint density at radius 1 is 1.22 bits per heavy atom. The molecule has 0 radical (unpaired) electrons. The third-order valence-corrected chi connectivity index (χ3v) is 3.06. The van der Waals surface area contributed by atoms with Crippen molar-refractivity contribution in [2.75, 3.05) is 13.2 Å². The van der Waals surface area contributed by atoms with E-state index in [0.717, 1.165) is 28.7 Å². The molecule has 94 valence electrons. The normalized spacial score (nSPS) is 16.3. The molecular weight excluding hydrogens is 230 g/mol. The Labute approximate surface area is 105 Å². The molecule has 0 fully saturated rings. The van der Waals surface area contributed by atoms with Crippen molar-refractivity contribution in [3.63, 3.8) is 0 Å². The van der Waals surface area contributed by atoms with Crippen LogP contribution in [-0.2, 0) is 0 Å². The SMILES string of the molecule is CC(O)c1nccc2cc3c(cc12)OCCCO3. The van der Waals surface area contributed by atoms with Gasteiger partial charge in [-0.3, -0.25) is 4.98 Å². The first-order valence-corrected chi connectivity index (χ1v) is 6.12. The molecule has 0 aliphatic carbocycles. The maximum Gasteiger partial charge on any atom is 0.161 e. The van der Waals surface area contributed by atoms with Crippen LogP contribution < -0.4 is 9.47 Å². The molecule has 4 nitrogen and oxygen atoms in total. The second kappa shape index (κ2) is 4.46. The zero-order chi connectivity index (χ0) is 12.5. The van der Waals surface area contributed by atoms with E-state index in [1.165, 1.54) is 0 Å². The summed E-state index contributed by atoms with van der Waals surface area (Å²) >= 11 is 0. The molecule has 3 rings (SSSR count). The summed E-state index contributed by atoms with van der Waals surface area (Å²) in [5.41, 5.74) is 0.670. The van der Waals surface area contributed by atoms with Gasteiger partial charge in [-0.2, -0.15) is 0 Å². The molecule has 0 saturated carbocycles. The molecule has 1 N–H and O–H groups in total. The fraction of sp³-hybridized carbons (Fsp3) is 0.357. The van der Waals surface area contributed by atoms with E-state index < -0.39 is 6.10 Å². The summed E-state index contributed by atoms with van der Waals surface area (Å²) in [7, 11) is 0. The van der Waals surface area contributed by atoms with Crippen LogP contribution in [-0.4, -0.2) is 23.3 Å². The zero-order valence-electron chi connectivity index (χ0n) is 10.2. The lowest BCUT2D eigenvalue weighted by Gasteiger charge is -2.12. The minimum Gasteiger partial charge on any atom is -0.490 e. The molecule has 1 atom stereocenters. The smallest absolute Gasteiger partial charge is 0.161 e. The van der Waals surface area contributed by atoms with Crippen LogP contribution in [0, 0.1) is 0 Å². The number of rotatable bonds is 1. The summed E-state index contributed by atoms with van der Waals surface area (Å²) in [6.07, 6.45) is 1.99. The van der Waals surface area contributed by atoms with Gasteiger partial charge in [0.05, 0.1) is 25.0 Å². The molecule has 0 spiro atoms. The lowest BCUT2D eigenvalue weighted by molar-refractivity contribution is 0.196. The Bertz CT molecular complexity index is 581. The number of nitrogens with zero attached hydrogens (tertiary/aromatic N) is 1. The van der Waals surface area contributed by atoms with Crippen molar-refractivity contribution in [3.8, 4) is 11.5 Å². The van der Waals surface area contributed by atoms with Crippen LogP contribution in [0.25, 0.3) is 10.8 Å². The second-order valence-electron chi connectivity index (χ2n) is 4.44. The number of hydrogen-bond donors (Lipinski definition) is 1. The van der Waals surface area contributed by atoms with Gasteiger partial charge in [-0.15, -0.1) is 0 Å². The van der Waals surface area contributed by atoms with Gasteiger partial charge >= 0.3 is 0 Å². The molecule has 18 heavy (non-hydrogen) atoms. The number of benzene rings is 1. The minimum atomic E-state index is -0.599. The monoisotopic (exact) mass is 245 g/mol. The maximum absolute atomic E-state index is 9.75. The van der Waals surface area contributed by atoms with Crippen molar-refractivity contribution in [2.24, 2.45) is 0 Å². The first-order valence-electron chi connectivity index (χ1n) is 6.12. The summed E-state index contributed by atoms with van der Waals surface area (Å²) < 4.78 is 11.3. The van der Waals surface area contributed by atoms with E-state index in [4.69, 9.17) is 9.47 Å². The average molecular weight is 245 g/mol. The van der Waals surface area contributed by atoms with Gasteiger partial charge < -0.3 is 14.6 Å². The van der Waals surface area contributed by atoms with Crippen molar-refractivity contribution in [2.45, 2.75) is 19.4 Å². The predicted octanol–water partition coefficient (Wildman–Crippen LogP) is 2.45. The predicted molar refractivity (Wildman–Crippen MR) is 68.0 cm³/mol. The van der Waals surface area contributed by atoms with E-state index in [-0.39, 0.29) is 0 Å². The highest BCUT2D eigenvalue weighted by molar-refractivity contribution is 5.88. The van der Waals surface area contributed by atoms with E-state index in [9.17, 15) is 5.11 Å². The largest absolute Gasteiger partial charge is 0.490 e. The first-order chi connectivity index (χ1) is 8.75. The van der Waals surface area contributed by atoms with Gasteiger partial charge in [0.1, 0.15) is 0 Å². The van der Waals surface area contributed by atoms with Crippen LogP contribution in [0.4, 0.5) is 0 Å². The van der Waals surface area contributed by atoms with Gasteiger partial charge in [0.25, 0.3) is 0 Å². The average Bonchev–Trinajstić information content (AvgIpc) is 2.59. The number of pyridine rings is 1. The number of fused-ring (bicyclic) bond motifs is 2. The van der Waals surface area contributed by atoms with Gasteiger partial charge in [-0.25, -0.2) is 0 Å². The Morgan fingerprint density at radius 3 is 2.67 bits per heavy atom. The van der Waals surface area contributed by atoms with Crippen LogP contribution in [0.15, 0.2) is 24.4 Å². The Hall–Kier alpha value is -1.81. The third kappa shape index (κ3) is 1.88. The van der Waals surface area contributed by atoms with Crippen LogP contribution in [0.5, 0.6) is 11.5 Å². The molecule has 4 heteroatoms. The standard InChI is InChI=1S/C14H15NO3/c1-9(16)14-11-8-13-12(17-5-2-6-18-13)7-10(11)3-4-15-14/h3-4,7-9,16H,2,5-6H2,1H3. The van der Waals surface area contributed by atoms with Crippen molar-refractivity contribution in [1.82, 2.24) is 4.98 Å². The number of aliphatic hydroxyl groups is 1. The quantitative estimate of drug-likeness (QED) is 0.838. The molecule has 1 aliphatic rings. The van der Waals surface area contributed by atoms with Crippen LogP contribution >= 0.6 is 0 Å². The topological polar surface area (TPSA) is 51.6 Å². The molecule has 2 aromatic rings. The zero-order valence-corrected chi connectivity index (χ0v) is 10.2. The van der Waals surface area contributed by atoms with Crippen LogP contribution in [0.2, 0.25) is 0 Å². The molecule has 0 saturated heterocycles. The summed E-state index contributed by atoms with van der Waals surface area (Å²) in [4.78, 5) is 4.23. The van der Waals surface area contributed by atoms with Crippen molar-refractivity contribution in [1.29, 1.82) is 0 Å². The molecule has 0 amide bonds. The molecular formula is C14H15NO3. The highest BCUT2D eigenvalue weighted by Gasteiger charge is 2.15. The highest BCUT2D eigenvalue weighted by atomic mass is 16.5. The number of aromatic nitrogens is 1. The molecule has 1 aromatic heterocycles. The Kier molecular flexibility index (Phi) is 2.80. The fourth-order valence-electron chi connectivity index (χ4n) is 2.18. The van der Waals surface area contributed by atoms with E-state index in [2.05, 4.69) is 4.98 Å². The second-order valence-corrected chi connectivity index (χ2v) is 4.44. The van der Waals surface area contributed by atoms with E-state index in [1.54, 1.807) is 13.1 Å². The van der Waals surface area contributed by atoms with Crippen molar-refractivity contribution in [3.05, 3.63) is 30.1 Å². The molecule has 0 bridgehead atoms. The summed E-state index contributed by atoms with van der Waals surface area (Å²) in [6, 6.07) is 5.77. The molecule has 2 heterocycles. The van der Waals surface area contributed by atoms with Crippen molar-refractivity contribution >= 4 is 10.8 Å². The van der Waals surface area contributed by atoms with Crippen LogP contribution in [0.1, 0.15) is 25.1 Å². The first kappa shape index (κ1) is 11.3. The number of hydrogen-bond acceptors (Lipinski definition) is 4. The highest BCUT2D eigenvalue weighted by Crippen LogP contribution is 2.35. The molecule has 1 unspecified atom stereocenters. The summed E-state index contributed by atoms with van der Waals surface area (Å²) in [5, 5.41) is 11.7. The Balaban J connectivity index is 2.22. The summed E-state index contributed by atoms with van der Waals surface area (Å²) in [6.45, 7) is 3.04. The van der Waals surface area contributed by atoms with E-state index in [1.807, 2.05) is 18.2 Å². The lowest BCUT2D eigenvalue weighted by atomic mass is 10.1. The lowest BCUT2D eigenvalue weighted by Crippen LogP contribution is -1.98.